The van der Waals surface area contributed by atoms with Gasteiger partial charge in [-0.1, -0.05) is 17.7 Å². The molecule has 0 bridgehead atoms. The molecule has 2 heterocycles. The lowest BCUT2D eigenvalue weighted by Crippen LogP contribution is -2.46. The Hall–Kier alpha value is -3.26. The van der Waals surface area contributed by atoms with Crippen molar-refractivity contribution in [1.82, 2.24) is 10.2 Å². The number of hydrogen-bond donors (Lipinski definition) is 2. The normalized spacial score (nSPS) is 20.6. The van der Waals surface area contributed by atoms with Crippen LogP contribution in [0, 0.1) is 17.6 Å². The summed E-state index contributed by atoms with van der Waals surface area (Å²) < 4.78 is 27.6. The average Bonchev–Trinajstić information content (AvgIpc) is 3.25. The third kappa shape index (κ3) is 5.43. The molecule has 2 unspecified atom stereocenters. The predicted molar refractivity (Wildman–Crippen MR) is 136 cm³/mol. The van der Waals surface area contributed by atoms with Gasteiger partial charge >= 0.3 is 0 Å². The SMILES string of the molecule is CN=C(C1=C(N)C(C)N(C(=O)c2ccc(CCC3CNC(=O)C3)cc2Cl)CC1)c1cc(F)cc(F)c1. The van der Waals surface area contributed by atoms with Gasteiger partial charge in [-0.3, -0.25) is 14.6 Å². The highest BCUT2D eigenvalue weighted by Crippen LogP contribution is 2.29. The van der Waals surface area contributed by atoms with E-state index in [0.717, 1.165) is 24.5 Å². The van der Waals surface area contributed by atoms with Crippen molar-refractivity contribution in [1.29, 1.82) is 0 Å². The first-order chi connectivity index (χ1) is 17.2. The Bertz CT molecular complexity index is 1240. The van der Waals surface area contributed by atoms with Crippen molar-refractivity contribution < 1.29 is 18.4 Å². The number of nitrogens with one attached hydrogen (secondary N) is 1. The van der Waals surface area contributed by atoms with Crippen LogP contribution in [-0.2, 0) is 11.2 Å². The number of nitrogens with two attached hydrogens (primary N) is 1. The van der Waals surface area contributed by atoms with Crippen LogP contribution in [0.4, 0.5) is 8.78 Å². The van der Waals surface area contributed by atoms with Gasteiger partial charge < -0.3 is 16.0 Å². The van der Waals surface area contributed by atoms with Gasteiger partial charge in [0.05, 0.1) is 22.3 Å². The first kappa shape index (κ1) is 25.8. The number of aliphatic imine (C=N–C) groups is 1. The van der Waals surface area contributed by atoms with E-state index in [-0.39, 0.29) is 11.8 Å². The standard InChI is InChI=1S/C27H29ClF2N4O2/c1-15-25(31)22(26(32-2)18-11-19(29)13-20(30)12-18)7-8-34(15)27(36)21-6-5-16(9-23(21)28)3-4-17-10-24(35)33-14-17/h5-6,9,11-13,15,17H,3-4,7-8,10,14,31H2,1-2H3,(H,33,35). The van der Waals surface area contributed by atoms with Gasteiger partial charge in [0, 0.05) is 49.5 Å². The van der Waals surface area contributed by atoms with E-state index in [9.17, 15) is 18.4 Å². The second-order valence-electron chi connectivity index (χ2n) is 9.32. The van der Waals surface area contributed by atoms with Crippen LogP contribution < -0.4 is 11.1 Å². The molecule has 1 saturated heterocycles. The molecule has 0 saturated carbocycles. The number of benzene rings is 2. The first-order valence-electron chi connectivity index (χ1n) is 12.0. The molecule has 36 heavy (non-hydrogen) atoms. The lowest BCUT2D eigenvalue weighted by Gasteiger charge is -2.36. The molecule has 190 valence electrons. The van der Waals surface area contributed by atoms with Gasteiger partial charge in [-0.2, -0.15) is 0 Å². The minimum absolute atomic E-state index is 0.0894. The minimum atomic E-state index is -0.697. The Morgan fingerprint density at radius 3 is 2.56 bits per heavy atom. The highest BCUT2D eigenvalue weighted by molar-refractivity contribution is 6.34. The molecule has 2 aliphatic heterocycles. The quantitative estimate of drug-likeness (QED) is 0.565. The summed E-state index contributed by atoms with van der Waals surface area (Å²) in [4.78, 5) is 30.7. The van der Waals surface area contributed by atoms with Crippen LogP contribution >= 0.6 is 11.6 Å². The van der Waals surface area contributed by atoms with Crippen LogP contribution in [0.15, 0.2) is 52.7 Å². The molecule has 6 nitrogen and oxygen atoms in total. The molecule has 1 fully saturated rings. The zero-order valence-electron chi connectivity index (χ0n) is 20.3. The molecule has 2 amide bonds. The second-order valence-corrected chi connectivity index (χ2v) is 9.72. The summed E-state index contributed by atoms with van der Waals surface area (Å²) in [6.07, 6.45) is 2.57. The molecule has 0 aromatic heterocycles. The molecule has 3 N–H and O–H groups in total. The number of carbonyl (C=O) groups excluding carboxylic acids is 2. The fourth-order valence-electron chi connectivity index (χ4n) is 4.93. The maximum Gasteiger partial charge on any atom is 0.255 e. The summed E-state index contributed by atoms with van der Waals surface area (Å²) in [5.41, 5.74) is 9.64. The van der Waals surface area contributed by atoms with Crippen molar-refractivity contribution in [3.8, 4) is 0 Å². The third-order valence-electron chi connectivity index (χ3n) is 6.94. The van der Waals surface area contributed by atoms with Crippen LogP contribution in [-0.4, -0.2) is 48.6 Å². The van der Waals surface area contributed by atoms with E-state index >= 15 is 0 Å². The highest BCUT2D eigenvalue weighted by atomic mass is 35.5. The Morgan fingerprint density at radius 1 is 1.22 bits per heavy atom. The summed E-state index contributed by atoms with van der Waals surface area (Å²) in [6, 6.07) is 8.21. The molecule has 2 atom stereocenters. The minimum Gasteiger partial charge on any atom is -0.400 e. The van der Waals surface area contributed by atoms with Gasteiger partial charge in [0.25, 0.3) is 5.91 Å². The van der Waals surface area contributed by atoms with Crippen LogP contribution in [0.2, 0.25) is 5.02 Å². The topological polar surface area (TPSA) is 87.8 Å². The van der Waals surface area contributed by atoms with Crippen LogP contribution in [0.5, 0.6) is 0 Å². The van der Waals surface area contributed by atoms with E-state index in [4.69, 9.17) is 17.3 Å². The molecule has 9 heteroatoms. The van der Waals surface area contributed by atoms with E-state index in [1.165, 1.54) is 12.1 Å². The Kier molecular flexibility index (Phi) is 7.73. The van der Waals surface area contributed by atoms with Crippen molar-refractivity contribution >= 4 is 29.1 Å². The largest absolute Gasteiger partial charge is 0.400 e. The molecular weight excluding hydrogens is 486 g/mol. The van der Waals surface area contributed by atoms with Crippen molar-refractivity contribution in [2.24, 2.45) is 16.6 Å². The van der Waals surface area contributed by atoms with Gasteiger partial charge in [0.15, 0.2) is 0 Å². The lowest BCUT2D eigenvalue weighted by molar-refractivity contribution is -0.119. The predicted octanol–water partition coefficient (Wildman–Crippen LogP) is 4.25. The lowest BCUT2D eigenvalue weighted by atomic mass is 9.91. The van der Waals surface area contributed by atoms with E-state index in [1.807, 2.05) is 13.0 Å². The molecule has 2 aromatic rings. The number of carbonyl (C=O) groups is 2. The third-order valence-corrected chi connectivity index (χ3v) is 7.25. The van der Waals surface area contributed by atoms with Crippen LogP contribution in [0.1, 0.15) is 47.7 Å². The zero-order chi connectivity index (χ0) is 26.0. The number of hydrogen-bond acceptors (Lipinski definition) is 4. The molecule has 2 aromatic carbocycles. The van der Waals surface area contributed by atoms with Gasteiger partial charge in [0.2, 0.25) is 5.91 Å². The first-order valence-corrected chi connectivity index (χ1v) is 12.3. The van der Waals surface area contributed by atoms with Gasteiger partial charge in [0.1, 0.15) is 11.6 Å². The van der Waals surface area contributed by atoms with E-state index in [2.05, 4.69) is 10.3 Å². The molecule has 4 rings (SSSR count). The number of amides is 2. The van der Waals surface area contributed by atoms with Crippen molar-refractivity contribution in [3.63, 3.8) is 0 Å². The maximum atomic E-state index is 13.8. The monoisotopic (exact) mass is 514 g/mol. The molecule has 0 spiro atoms. The Morgan fingerprint density at radius 2 is 1.94 bits per heavy atom. The Balaban J connectivity index is 1.50. The molecular formula is C27H29ClF2N4O2. The smallest absolute Gasteiger partial charge is 0.255 e. The maximum absolute atomic E-state index is 13.8. The fourth-order valence-corrected chi connectivity index (χ4v) is 5.22. The fraction of sp³-hybridized carbons (Fsp3) is 0.370. The number of nitrogens with zero attached hydrogens (tertiary/aromatic N) is 2. The molecule has 0 aliphatic carbocycles. The average molecular weight is 515 g/mol. The molecule has 2 aliphatic rings. The summed E-state index contributed by atoms with van der Waals surface area (Å²) in [5.74, 6) is -1.23. The number of rotatable bonds is 6. The van der Waals surface area contributed by atoms with Crippen LogP contribution in [0.25, 0.3) is 0 Å². The van der Waals surface area contributed by atoms with Gasteiger partial charge in [-0.25, -0.2) is 8.78 Å². The number of aryl methyl sites for hydroxylation is 1. The summed E-state index contributed by atoms with van der Waals surface area (Å²) >= 11 is 6.51. The van der Waals surface area contributed by atoms with Gasteiger partial charge in [-0.15, -0.1) is 0 Å². The summed E-state index contributed by atoms with van der Waals surface area (Å²) in [6.45, 7) is 2.87. The van der Waals surface area contributed by atoms with Crippen molar-refractivity contribution in [3.05, 3.63) is 81.0 Å². The van der Waals surface area contributed by atoms with E-state index in [0.29, 0.717) is 65.0 Å². The van der Waals surface area contributed by atoms with E-state index in [1.54, 1.807) is 24.1 Å². The summed E-state index contributed by atoms with van der Waals surface area (Å²) in [7, 11) is 1.54. The number of halogens is 3. The van der Waals surface area contributed by atoms with Crippen molar-refractivity contribution in [2.75, 3.05) is 20.1 Å². The van der Waals surface area contributed by atoms with Crippen LogP contribution in [0.3, 0.4) is 0 Å². The van der Waals surface area contributed by atoms with E-state index < -0.39 is 17.7 Å². The van der Waals surface area contributed by atoms with Gasteiger partial charge in [-0.05, 0) is 61.9 Å². The highest BCUT2D eigenvalue weighted by Gasteiger charge is 2.32. The zero-order valence-corrected chi connectivity index (χ0v) is 21.0. The Labute approximate surface area is 214 Å². The summed E-state index contributed by atoms with van der Waals surface area (Å²) in [5, 5.41) is 3.21. The van der Waals surface area contributed by atoms with Crippen molar-refractivity contribution in [2.45, 2.75) is 38.6 Å². The second kappa shape index (κ2) is 10.8. The molecule has 0 radical (unpaired) electrons.